The fraction of sp³-hybridized carbons (Fsp3) is 0.174. The number of pyridine rings is 1. The van der Waals surface area contributed by atoms with E-state index in [1.807, 2.05) is 49.4 Å². The van der Waals surface area contributed by atoms with E-state index in [2.05, 4.69) is 15.3 Å². The lowest BCUT2D eigenvalue weighted by Gasteiger charge is -2.12. The number of rotatable bonds is 7. The van der Waals surface area contributed by atoms with E-state index in [1.165, 1.54) is 0 Å². The SMILES string of the molecule is COc1ccc(CNc2ncc(-c3ccccn3)c(-c3ccoc3C)n2)cc1OC. The zero-order valence-electron chi connectivity index (χ0n) is 17.0. The molecular formula is C23H22N4O3. The highest BCUT2D eigenvalue weighted by Crippen LogP contribution is 2.32. The van der Waals surface area contributed by atoms with Crippen LogP contribution >= 0.6 is 0 Å². The van der Waals surface area contributed by atoms with Crippen LogP contribution in [0.5, 0.6) is 11.5 Å². The lowest BCUT2D eigenvalue weighted by atomic mass is 10.1. The Labute approximate surface area is 174 Å². The molecule has 4 aromatic rings. The van der Waals surface area contributed by atoms with Gasteiger partial charge in [0.25, 0.3) is 0 Å². The molecule has 0 amide bonds. The van der Waals surface area contributed by atoms with E-state index in [0.29, 0.717) is 24.0 Å². The summed E-state index contributed by atoms with van der Waals surface area (Å²) in [6, 6.07) is 13.4. The highest BCUT2D eigenvalue weighted by molar-refractivity contribution is 5.79. The first-order valence-electron chi connectivity index (χ1n) is 9.47. The number of furan rings is 1. The number of benzene rings is 1. The Balaban J connectivity index is 1.65. The van der Waals surface area contributed by atoms with Crippen molar-refractivity contribution in [2.45, 2.75) is 13.5 Å². The molecule has 7 nitrogen and oxygen atoms in total. The van der Waals surface area contributed by atoms with Gasteiger partial charge in [0.2, 0.25) is 5.95 Å². The number of hydrogen-bond acceptors (Lipinski definition) is 7. The van der Waals surface area contributed by atoms with Crippen LogP contribution in [0.2, 0.25) is 0 Å². The molecule has 3 heterocycles. The van der Waals surface area contributed by atoms with Crippen molar-refractivity contribution in [1.82, 2.24) is 15.0 Å². The molecule has 7 heteroatoms. The number of aryl methyl sites for hydroxylation is 1. The van der Waals surface area contributed by atoms with Crippen LogP contribution in [0.15, 0.2) is 65.5 Å². The van der Waals surface area contributed by atoms with Crippen LogP contribution in [0.3, 0.4) is 0 Å². The first-order chi connectivity index (χ1) is 14.7. The van der Waals surface area contributed by atoms with Gasteiger partial charge in [-0.25, -0.2) is 9.97 Å². The third-order valence-corrected chi connectivity index (χ3v) is 4.74. The Hall–Kier alpha value is -3.87. The van der Waals surface area contributed by atoms with Gasteiger partial charge in [0.1, 0.15) is 5.76 Å². The molecular weight excluding hydrogens is 380 g/mol. The molecule has 4 rings (SSSR count). The van der Waals surface area contributed by atoms with Crippen LogP contribution in [0.1, 0.15) is 11.3 Å². The summed E-state index contributed by atoms with van der Waals surface area (Å²) in [7, 11) is 3.24. The minimum atomic E-state index is 0.514. The van der Waals surface area contributed by atoms with E-state index in [4.69, 9.17) is 18.9 Å². The average Bonchev–Trinajstić information content (AvgIpc) is 3.23. The van der Waals surface area contributed by atoms with Crippen LogP contribution in [-0.2, 0) is 6.54 Å². The van der Waals surface area contributed by atoms with Crippen LogP contribution < -0.4 is 14.8 Å². The van der Waals surface area contributed by atoms with Crippen molar-refractivity contribution < 1.29 is 13.9 Å². The van der Waals surface area contributed by atoms with E-state index in [-0.39, 0.29) is 0 Å². The lowest BCUT2D eigenvalue weighted by Crippen LogP contribution is -2.06. The average molecular weight is 402 g/mol. The molecule has 1 N–H and O–H groups in total. The molecule has 0 saturated heterocycles. The topological polar surface area (TPSA) is 82.3 Å². The molecule has 0 aliphatic rings. The summed E-state index contributed by atoms with van der Waals surface area (Å²) in [5.41, 5.74) is 4.35. The fourth-order valence-corrected chi connectivity index (χ4v) is 3.18. The number of anilines is 1. The van der Waals surface area contributed by atoms with Gasteiger partial charge in [-0.1, -0.05) is 12.1 Å². The third kappa shape index (κ3) is 3.96. The number of nitrogens with one attached hydrogen (secondary N) is 1. The molecule has 30 heavy (non-hydrogen) atoms. The Morgan fingerprint density at radius 1 is 0.967 bits per heavy atom. The molecule has 0 unspecified atom stereocenters. The Kier molecular flexibility index (Phi) is 5.61. The Morgan fingerprint density at radius 3 is 2.53 bits per heavy atom. The monoisotopic (exact) mass is 402 g/mol. The quantitative estimate of drug-likeness (QED) is 0.478. The standard InChI is InChI=1S/C23H22N4O3/c1-15-17(9-11-30-15)22-18(19-6-4-5-10-24-19)14-26-23(27-22)25-13-16-7-8-20(28-2)21(12-16)29-3/h4-12,14H,13H2,1-3H3,(H,25,26,27). The first-order valence-corrected chi connectivity index (χ1v) is 9.47. The van der Waals surface area contributed by atoms with Gasteiger partial charge in [-0.05, 0) is 42.8 Å². The first kappa shape index (κ1) is 19.4. The zero-order chi connectivity index (χ0) is 20.9. The Bertz CT molecular complexity index is 1140. The summed E-state index contributed by atoms with van der Waals surface area (Å²) in [5.74, 6) is 2.67. The summed E-state index contributed by atoms with van der Waals surface area (Å²) in [5, 5.41) is 3.28. The van der Waals surface area contributed by atoms with Gasteiger partial charge >= 0.3 is 0 Å². The molecule has 0 radical (unpaired) electrons. The van der Waals surface area contributed by atoms with Crippen LogP contribution in [-0.4, -0.2) is 29.2 Å². The van der Waals surface area contributed by atoms with Crippen molar-refractivity contribution in [3.8, 4) is 34.0 Å². The van der Waals surface area contributed by atoms with E-state index in [1.54, 1.807) is 32.9 Å². The predicted molar refractivity (Wildman–Crippen MR) is 115 cm³/mol. The minimum absolute atomic E-state index is 0.514. The number of nitrogens with zero attached hydrogens (tertiary/aromatic N) is 3. The second-order valence-electron chi connectivity index (χ2n) is 6.60. The van der Waals surface area contributed by atoms with Gasteiger partial charge < -0.3 is 19.2 Å². The summed E-state index contributed by atoms with van der Waals surface area (Å²) < 4.78 is 16.2. The largest absolute Gasteiger partial charge is 0.493 e. The van der Waals surface area contributed by atoms with Gasteiger partial charge in [0.05, 0.1) is 31.9 Å². The van der Waals surface area contributed by atoms with Crippen molar-refractivity contribution in [2.75, 3.05) is 19.5 Å². The summed E-state index contributed by atoms with van der Waals surface area (Å²) >= 11 is 0. The number of methoxy groups -OCH3 is 2. The molecule has 3 aromatic heterocycles. The molecule has 1 aromatic carbocycles. The molecule has 0 aliphatic heterocycles. The normalized spacial score (nSPS) is 10.6. The van der Waals surface area contributed by atoms with Gasteiger partial charge in [0.15, 0.2) is 11.5 Å². The van der Waals surface area contributed by atoms with Crippen molar-refractivity contribution >= 4 is 5.95 Å². The molecule has 0 bridgehead atoms. The second kappa shape index (κ2) is 8.65. The van der Waals surface area contributed by atoms with Crippen LogP contribution in [0, 0.1) is 6.92 Å². The maximum atomic E-state index is 5.50. The maximum absolute atomic E-state index is 5.50. The van der Waals surface area contributed by atoms with E-state index >= 15 is 0 Å². The van der Waals surface area contributed by atoms with Gasteiger partial charge in [-0.2, -0.15) is 0 Å². The number of hydrogen-bond donors (Lipinski definition) is 1. The van der Waals surface area contributed by atoms with E-state index in [9.17, 15) is 0 Å². The van der Waals surface area contributed by atoms with Crippen LogP contribution in [0.25, 0.3) is 22.5 Å². The molecule has 0 atom stereocenters. The smallest absolute Gasteiger partial charge is 0.223 e. The molecule has 0 saturated carbocycles. The third-order valence-electron chi connectivity index (χ3n) is 4.74. The summed E-state index contributed by atoms with van der Waals surface area (Å²) in [6.45, 7) is 2.45. The Morgan fingerprint density at radius 2 is 1.83 bits per heavy atom. The maximum Gasteiger partial charge on any atom is 0.223 e. The highest BCUT2D eigenvalue weighted by Gasteiger charge is 2.16. The minimum Gasteiger partial charge on any atom is -0.493 e. The molecule has 0 fully saturated rings. The van der Waals surface area contributed by atoms with Gasteiger partial charge in [-0.15, -0.1) is 0 Å². The highest BCUT2D eigenvalue weighted by atomic mass is 16.5. The summed E-state index contributed by atoms with van der Waals surface area (Å²) in [4.78, 5) is 13.7. The van der Waals surface area contributed by atoms with Crippen molar-refractivity contribution in [2.24, 2.45) is 0 Å². The molecule has 0 spiro atoms. The van der Waals surface area contributed by atoms with E-state index in [0.717, 1.165) is 33.8 Å². The lowest BCUT2D eigenvalue weighted by molar-refractivity contribution is 0.354. The van der Waals surface area contributed by atoms with E-state index < -0.39 is 0 Å². The fourth-order valence-electron chi connectivity index (χ4n) is 3.18. The zero-order valence-corrected chi connectivity index (χ0v) is 17.0. The summed E-state index contributed by atoms with van der Waals surface area (Å²) in [6.07, 6.45) is 5.20. The second-order valence-corrected chi connectivity index (χ2v) is 6.60. The van der Waals surface area contributed by atoms with Crippen molar-refractivity contribution in [3.05, 3.63) is 72.4 Å². The van der Waals surface area contributed by atoms with Crippen molar-refractivity contribution in [3.63, 3.8) is 0 Å². The van der Waals surface area contributed by atoms with Crippen molar-refractivity contribution in [1.29, 1.82) is 0 Å². The number of ether oxygens (including phenoxy) is 2. The van der Waals surface area contributed by atoms with Gasteiger partial charge in [0, 0.05) is 30.1 Å². The molecule has 152 valence electrons. The predicted octanol–water partition coefficient (Wildman–Crippen LogP) is 4.74. The molecule has 0 aliphatic carbocycles. The number of aromatic nitrogens is 3. The van der Waals surface area contributed by atoms with Gasteiger partial charge in [-0.3, -0.25) is 4.98 Å². The van der Waals surface area contributed by atoms with Crippen LogP contribution in [0.4, 0.5) is 5.95 Å².